The van der Waals surface area contributed by atoms with Gasteiger partial charge in [-0.05, 0) is 46.0 Å². The third-order valence-corrected chi connectivity index (χ3v) is 4.16. The van der Waals surface area contributed by atoms with Gasteiger partial charge in [0.05, 0.1) is 11.7 Å². The molecule has 0 bridgehead atoms. The molecule has 24 heavy (non-hydrogen) atoms. The fourth-order valence-corrected chi connectivity index (χ4v) is 2.84. The SMILES string of the molecule is [B]c1nc(NC(C)(C)C)nc(NC2CCC(C)C(O)C2)c1C(N)=O. The van der Waals surface area contributed by atoms with Crippen LogP contribution in [0.2, 0.25) is 0 Å². The van der Waals surface area contributed by atoms with Crippen molar-refractivity contribution >= 4 is 31.1 Å². The highest BCUT2D eigenvalue weighted by Gasteiger charge is 2.28. The zero-order valence-corrected chi connectivity index (χ0v) is 14.8. The van der Waals surface area contributed by atoms with Crippen molar-refractivity contribution in [2.24, 2.45) is 11.7 Å². The minimum Gasteiger partial charge on any atom is -0.393 e. The summed E-state index contributed by atoms with van der Waals surface area (Å²) < 4.78 is 0. The number of primary amides is 1. The van der Waals surface area contributed by atoms with Gasteiger partial charge in [-0.15, -0.1) is 0 Å². The van der Waals surface area contributed by atoms with E-state index in [9.17, 15) is 9.90 Å². The van der Waals surface area contributed by atoms with Crippen molar-refractivity contribution in [3.8, 4) is 0 Å². The summed E-state index contributed by atoms with van der Waals surface area (Å²) in [7, 11) is 5.92. The Hall–Kier alpha value is -1.83. The standard InChI is InChI=1S/C16H26BN5O2/c1-8-5-6-9(7-10(8)23)19-14-11(13(18)24)12(17)20-15(21-14)22-16(2,3)4/h8-10,23H,5-7H2,1-4H3,(H2,18,24)(H2,19,20,21,22). The number of hydrogen-bond donors (Lipinski definition) is 4. The quantitative estimate of drug-likeness (QED) is 0.599. The zero-order chi connectivity index (χ0) is 18.1. The lowest BCUT2D eigenvalue weighted by atomic mass is 9.84. The molecule has 3 atom stereocenters. The van der Waals surface area contributed by atoms with Gasteiger partial charge < -0.3 is 21.5 Å². The highest BCUT2D eigenvalue weighted by atomic mass is 16.3. The Kier molecular flexibility index (Phi) is 5.37. The molecule has 1 amide bonds. The Bertz CT molecular complexity index is 617. The number of aliphatic hydroxyl groups excluding tert-OH is 1. The molecule has 1 aromatic heterocycles. The molecule has 1 aromatic rings. The van der Waals surface area contributed by atoms with Crippen LogP contribution in [0, 0.1) is 5.92 Å². The van der Waals surface area contributed by atoms with Gasteiger partial charge in [-0.1, -0.05) is 6.92 Å². The summed E-state index contributed by atoms with van der Waals surface area (Å²) in [6.07, 6.45) is 1.99. The van der Waals surface area contributed by atoms with E-state index < -0.39 is 5.91 Å². The van der Waals surface area contributed by atoms with Gasteiger partial charge in [-0.2, -0.15) is 4.98 Å². The molecule has 130 valence electrons. The molecular formula is C16H26BN5O2. The van der Waals surface area contributed by atoms with Crippen molar-refractivity contribution in [3.63, 3.8) is 0 Å². The molecule has 1 fully saturated rings. The minimum atomic E-state index is -0.679. The van der Waals surface area contributed by atoms with E-state index in [2.05, 4.69) is 20.6 Å². The fraction of sp³-hybridized carbons (Fsp3) is 0.688. The molecule has 0 saturated heterocycles. The van der Waals surface area contributed by atoms with Crippen LogP contribution in [0.4, 0.5) is 11.8 Å². The van der Waals surface area contributed by atoms with Crippen molar-refractivity contribution in [1.29, 1.82) is 0 Å². The van der Waals surface area contributed by atoms with E-state index >= 15 is 0 Å². The van der Waals surface area contributed by atoms with Crippen LogP contribution >= 0.6 is 0 Å². The summed E-state index contributed by atoms with van der Waals surface area (Å²) in [5, 5.41) is 16.4. The molecule has 0 aliphatic heterocycles. The van der Waals surface area contributed by atoms with Gasteiger partial charge in [0.1, 0.15) is 13.7 Å². The number of aromatic nitrogens is 2. The average Bonchev–Trinajstić information content (AvgIpc) is 2.40. The van der Waals surface area contributed by atoms with Crippen LogP contribution in [-0.4, -0.2) is 46.5 Å². The van der Waals surface area contributed by atoms with Crippen molar-refractivity contribution in [2.75, 3.05) is 10.6 Å². The van der Waals surface area contributed by atoms with Crippen LogP contribution in [0.15, 0.2) is 0 Å². The number of aliphatic hydroxyl groups is 1. The van der Waals surface area contributed by atoms with Gasteiger partial charge in [-0.3, -0.25) is 4.79 Å². The highest BCUT2D eigenvalue weighted by molar-refractivity contribution is 6.35. The Morgan fingerprint density at radius 1 is 1.33 bits per heavy atom. The number of nitrogens with one attached hydrogen (secondary N) is 2. The first-order valence-corrected chi connectivity index (χ1v) is 8.27. The van der Waals surface area contributed by atoms with Crippen molar-refractivity contribution in [2.45, 2.75) is 64.6 Å². The topological polar surface area (TPSA) is 113 Å². The first-order chi connectivity index (χ1) is 11.1. The second kappa shape index (κ2) is 6.97. The molecule has 8 heteroatoms. The molecule has 5 N–H and O–H groups in total. The molecular weight excluding hydrogens is 305 g/mol. The van der Waals surface area contributed by atoms with Crippen LogP contribution in [-0.2, 0) is 0 Å². The number of anilines is 2. The normalized spacial score (nSPS) is 24.5. The second-order valence-electron chi connectivity index (χ2n) is 7.59. The van der Waals surface area contributed by atoms with Gasteiger partial charge in [0.15, 0.2) is 0 Å². The number of hydrogen-bond acceptors (Lipinski definition) is 6. The molecule has 3 unspecified atom stereocenters. The molecule has 1 aliphatic carbocycles. The molecule has 1 aliphatic rings. The van der Waals surface area contributed by atoms with Crippen LogP contribution < -0.4 is 22.0 Å². The maximum absolute atomic E-state index is 11.7. The van der Waals surface area contributed by atoms with E-state index in [1.165, 1.54) is 0 Å². The Morgan fingerprint density at radius 3 is 2.54 bits per heavy atom. The smallest absolute Gasteiger partial charge is 0.253 e. The largest absolute Gasteiger partial charge is 0.393 e. The molecule has 0 aromatic carbocycles. The van der Waals surface area contributed by atoms with Crippen LogP contribution in [0.3, 0.4) is 0 Å². The van der Waals surface area contributed by atoms with Crippen molar-refractivity contribution in [3.05, 3.63) is 5.56 Å². The van der Waals surface area contributed by atoms with E-state index in [0.29, 0.717) is 18.2 Å². The lowest BCUT2D eigenvalue weighted by Crippen LogP contribution is -2.37. The number of amides is 1. The summed E-state index contributed by atoms with van der Waals surface area (Å²) in [6, 6.07) is 0.00564. The van der Waals surface area contributed by atoms with Crippen LogP contribution in [0.5, 0.6) is 0 Å². The van der Waals surface area contributed by atoms with Crippen LogP contribution in [0.1, 0.15) is 57.3 Å². The summed E-state index contributed by atoms with van der Waals surface area (Å²) in [5.74, 6) is 0.236. The van der Waals surface area contributed by atoms with E-state index in [4.69, 9.17) is 13.6 Å². The van der Waals surface area contributed by atoms with Crippen molar-refractivity contribution in [1.82, 2.24) is 9.97 Å². The van der Waals surface area contributed by atoms with Gasteiger partial charge in [0, 0.05) is 17.2 Å². The molecule has 1 heterocycles. The zero-order valence-electron chi connectivity index (χ0n) is 14.8. The van der Waals surface area contributed by atoms with Gasteiger partial charge in [0.25, 0.3) is 5.91 Å². The van der Waals surface area contributed by atoms with Crippen molar-refractivity contribution < 1.29 is 9.90 Å². The fourth-order valence-electron chi connectivity index (χ4n) is 2.84. The van der Waals surface area contributed by atoms with Gasteiger partial charge in [0.2, 0.25) is 5.95 Å². The summed E-state index contributed by atoms with van der Waals surface area (Å²) in [5.41, 5.74) is 5.31. The highest BCUT2D eigenvalue weighted by Crippen LogP contribution is 2.27. The summed E-state index contributed by atoms with van der Waals surface area (Å²) in [4.78, 5) is 20.3. The van der Waals surface area contributed by atoms with Gasteiger partial charge in [-0.25, -0.2) is 4.98 Å². The summed E-state index contributed by atoms with van der Waals surface area (Å²) >= 11 is 0. The monoisotopic (exact) mass is 331 g/mol. The van der Waals surface area contributed by atoms with Gasteiger partial charge >= 0.3 is 0 Å². The number of nitrogens with zero attached hydrogens (tertiary/aromatic N) is 2. The lowest BCUT2D eigenvalue weighted by molar-refractivity contribution is 0.0739. The Balaban J connectivity index is 2.30. The van der Waals surface area contributed by atoms with Crippen LogP contribution in [0.25, 0.3) is 0 Å². The average molecular weight is 331 g/mol. The molecule has 2 rings (SSSR count). The number of nitrogens with two attached hydrogens (primary N) is 1. The first kappa shape index (κ1) is 18.5. The third-order valence-electron chi connectivity index (χ3n) is 4.16. The molecule has 1 saturated carbocycles. The molecule has 2 radical (unpaired) electrons. The van der Waals surface area contributed by atoms with E-state index in [1.807, 2.05) is 27.7 Å². The molecule has 0 spiro atoms. The third kappa shape index (κ3) is 4.60. The lowest BCUT2D eigenvalue weighted by Gasteiger charge is -2.32. The second-order valence-corrected chi connectivity index (χ2v) is 7.59. The van der Waals surface area contributed by atoms with E-state index in [-0.39, 0.29) is 34.8 Å². The Labute approximate surface area is 144 Å². The van der Waals surface area contributed by atoms with E-state index in [1.54, 1.807) is 0 Å². The predicted molar refractivity (Wildman–Crippen MR) is 95.7 cm³/mol. The molecule has 7 nitrogen and oxygen atoms in total. The number of carbonyl (C=O) groups is 1. The number of rotatable bonds is 4. The van der Waals surface area contributed by atoms with E-state index in [0.717, 1.165) is 12.8 Å². The Morgan fingerprint density at radius 2 is 2.00 bits per heavy atom. The maximum Gasteiger partial charge on any atom is 0.253 e. The first-order valence-electron chi connectivity index (χ1n) is 8.27. The maximum atomic E-state index is 11.7. The minimum absolute atomic E-state index is 0.00564. The number of carbonyl (C=O) groups excluding carboxylic acids is 1. The summed E-state index contributed by atoms with van der Waals surface area (Å²) in [6.45, 7) is 7.95. The predicted octanol–water partition coefficient (Wildman–Crippen LogP) is 0.541.